The summed E-state index contributed by atoms with van der Waals surface area (Å²) < 4.78 is 4.66. The number of nitrogen functional groups attached to an aromatic ring is 1. The summed E-state index contributed by atoms with van der Waals surface area (Å²) in [5.41, 5.74) is 5.84. The number of aromatic nitrogens is 1. The third-order valence-corrected chi connectivity index (χ3v) is 2.06. The van der Waals surface area contributed by atoms with Crippen molar-refractivity contribution in [3.8, 4) is 0 Å². The van der Waals surface area contributed by atoms with Crippen molar-refractivity contribution >= 4 is 17.6 Å². The second-order valence-corrected chi connectivity index (χ2v) is 3.21. The summed E-state index contributed by atoms with van der Waals surface area (Å²) in [5, 5.41) is 11.1. The number of nitrogens with two attached hydrogens (primary N) is 1. The number of hydrogen-bond donors (Lipinski definition) is 3. The van der Waals surface area contributed by atoms with Gasteiger partial charge in [0, 0.05) is 13.3 Å². The number of amides is 1. The quantitative estimate of drug-likeness (QED) is 0.637. The molecule has 0 saturated heterocycles. The van der Waals surface area contributed by atoms with Crippen molar-refractivity contribution in [3.63, 3.8) is 0 Å². The summed E-state index contributed by atoms with van der Waals surface area (Å²) >= 11 is 0. The van der Waals surface area contributed by atoms with E-state index in [4.69, 9.17) is 10.8 Å². The summed E-state index contributed by atoms with van der Waals surface area (Å²) in [5.74, 6) is -1.69. The van der Waals surface area contributed by atoms with Gasteiger partial charge in [-0.15, -0.1) is 0 Å². The Balaban J connectivity index is 2.62. The van der Waals surface area contributed by atoms with Crippen molar-refractivity contribution in [1.29, 1.82) is 0 Å². The van der Waals surface area contributed by atoms with Crippen molar-refractivity contribution < 1.29 is 19.4 Å². The highest BCUT2D eigenvalue weighted by Gasteiger charge is 2.18. The van der Waals surface area contributed by atoms with Crippen LogP contribution in [0.5, 0.6) is 0 Å². The van der Waals surface area contributed by atoms with Gasteiger partial charge < -0.3 is 20.9 Å². The van der Waals surface area contributed by atoms with Crippen molar-refractivity contribution in [1.82, 2.24) is 10.3 Å². The number of anilines is 1. The van der Waals surface area contributed by atoms with E-state index in [1.807, 2.05) is 0 Å². The molecule has 0 aliphatic heterocycles. The fourth-order valence-corrected chi connectivity index (χ4v) is 1.15. The normalized spacial score (nSPS) is 11.8. The van der Waals surface area contributed by atoms with E-state index in [0.717, 1.165) is 0 Å². The predicted molar refractivity (Wildman–Crippen MR) is 59.4 cm³/mol. The van der Waals surface area contributed by atoms with Gasteiger partial charge in [0.1, 0.15) is 0 Å². The molecule has 0 radical (unpaired) electrons. The Morgan fingerprint density at radius 3 is 2.88 bits per heavy atom. The molecule has 0 aromatic carbocycles. The molecular formula is C10H13N3O4. The number of carboxylic acid groups (broad SMARTS) is 1. The first-order valence-corrected chi connectivity index (χ1v) is 4.80. The van der Waals surface area contributed by atoms with Crippen LogP contribution in [0.2, 0.25) is 0 Å². The first-order valence-electron chi connectivity index (χ1n) is 4.80. The molecule has 0 bridgehead atoms. The van der Waals surface area contributed by atoms with E-state index in [1.165, 1.54) is 19.4 Å². The largest absolute Gasteiger partial charge is 0.479 e. The van der Waals surface area contributed by atoms with E-state index in [2.05, 4.69) is 15.0 Å². The standard InChI is InChI=1S/C10H13N3O4/c1-17-7(10(15)16)5-13-9(14)8-6(11)3-2-4-12-8/h2-4,7H,5,11H2,1H3,(H,13,14)(H,15,16). The third kappa shape index (κ3) is 3.42. The number of nitrogens with zero attached hydrogens (tertiary/aromatic N) is 1. The number of ether oxygens (including phenoxy) is 1. The van der Waals surface area contributed by atoms with Crippen LogP contribution in [0.25, 0.3) is 0 Å². The smallest absolute Gasteiger partial charge is 0.334 e. The molecule has 92 valence electrons. The molecule has 1 aromatic rings. The van der Waals surface area contributed by atoms with E-state index in [9.17, 15) is 9.59 Å². The molecule has 0 spiro atoms. The maximum Gasteiger partial charge on any atom is 0.334 e. The number of hydrogen-bond acceptors (Lipinski definition) is 5. The van der Waals surface area contributed by atoms with Gasteiger partial charge in [-0.1, -0.05) is 0 Å². The van der Waals surface area contributed by atoms with Crippen LogP contribution in [0, 0.1) is 0 Å². The van der Waals surface area contributed by atoms with E-state index < -0.39 is 18.0 Å². The SMILES string of the molecule is COC(CNC(=O)c1ncccc1N)C(=O)O. The molecule has 1 heterocycles. The zero-order valence-electron chi connectivity index (χ0n) is 9.21. The van der Waals surface area contributed by atoms with Crippen LogP contribution in [0.15, 0.2) is 18.3 Å². The molecular weight excluding hydrogens is 226 g/mol. The number of carboxylic acids is 1. The summed E-state index contributed by atoms with van der Waals surface area (Å²) in [6, 6.07) is 3.13. The number of carbonyl (C=O) groups is 2. The second-order valence-electron chi connectivity index (χ2n) is 3.21. The number of aliphatic carboxylic acids is 1. The second kappa shape index (κ2) is 5.80. The lowest BCUT2D eigenvalue weighted by Gasteiger charge is -2.11. The molecule has 0 fully saturated rings. The molecule has 0 aliphatic carbocycles. The molecule has 1 atom stereocenters. The maximum atomic E-state index is 11.6. The lowest BCUT2D eigenvalue weighted by Crippen LogP contribution is -2.38. The highest BCUT2D eigenvalue weighted by molar-refractivity contribution is 5.97. The molecule has 17 heavy (non-hydrogen) atoms. The minimum Gasteiger partial charge on any atom is -0.479 e. The lowest BCUT2D eigenvalue weighted by atomic mass is 10.2. The van der Waals surface area contributed by atoms with Crippen LogP contribution in [0.4, 0.5) is 5.69 Å². The Kier molecular flexibility index (Phi) is 4.41. The Labute approximate surface area is 97.6 Å². The van der Waals surface area contributed by atoms with Crippen LogP contribution < -0.4 is 11.1 Å². The minimum atomic E-state index is -1.15. The molecule has 1 amide bonds. The number of nitrogens with one attached hydrogen (secondary N) is 1. The first-order chi connectivity index (χ1) is 8.06. The third-order valence-electron chi connectivity index (χ3n) is 2.06. The Morgan fingerprint density at radius 2 is 2.35 bits per heavy atom. The fourth-order valence-electron chi connectivity index (χ4n) is 1.15. The van der Waals surface area contributed by atoms with Crippen LogP contribution in [-0.4, -0.2) is 41.7 Å². The average molecular weight is 239 g/mol. The summed E-state index contributed by atoms with van der Waals surface area (Å²) in [6.07, 6.45) is 0.333. The van der Waals surface area contributed by atoms with Gasteiger partial charge in [-0.05, 0) is 12.1 Å². The molecule has 4 N–H and O–H groups in total. The fraction of sp³-hybridized carbons (Fsp3) is 0.300. The minimum absolute atomic E-state index is 0.0627. The molecule has 1 aromatic heterocycles. The molecule has 0 aliphatic rings. The molecule has 7 heteroatoms. The topological polar surface area (TPSA) is 115 Å². The van der Waals surface area contributed by atoms with Gasteiger partial charge >= 0.3 is 5.97 Å². The Hall–Kier alpha value is -2.15. The van der Waals surface area contributed by atoms with Gasteiger partial charge in [-0.2, -0.15) is 0 Å². The van der Waals surface area contributed by atoms with Crippen LogP contribution >= 0.6 is 0 Å². The van der Waals surface area contributed by atoms with Crippen molar-refractivity contribution in [2.45, 2.75) is 6.10 Å². The van der Waals surface area contributed by atoms with E-state index in [1.54, 1.807) is 6.07 Å². The van der Waals surface area contributed by atoms with Gasteiger partial charge in [0.2, 0.25) is 0 Å². The Morgan fingerprint density at radius 1 is 1.65 bits per heavy atom. The lowest BCUT2D eigenvalue weighted by molar-refractivity contribution is -0.148. The van der Waals surface area contributed by atoms with Gasteiger partial charge in [0.05, 0.1) is 12.2 Å². The van der Waals surface area contributed by atoms with Crippen LogP contribution in [0.3, 0.4) is 0 Å². The van der Waals surface area contributed by atoms with E-state index in [-0.39, 0.29) is 17.9 Å². The van der Waals surface area contributed by atoms with Gasteiger partial charge in [0.25, 0.3) is 5.91 Å². The van der Waals surface area contributed by atoms with Crippen molar-refractivity contribution in [2.24, 2.45) is 0 Å². The maximum absolute atomic E-state index is 11.6. The van der Waals surface area contributed by atoms with Gasteiger partial charge in [-0.25, -0.2) is 9.78 Å². The zero-order chi connectivity index (χ0) is 12.8. The molecule has 1 rings (SSSR count). The first kappa shape index (κ1) is 12.9. The monoisotopic (exact) mass is 239 g/mol. The number of rotatable bonds is 5. The van der Waals surface area contributed by atoms with E-state index >= 15 is 0 Å². The highest BCUT2D eigenvalue weighted by atomic mass is 16.5. The van der Waals surface area contributed by atoms with Crippen LogP contribution in [-0.2, 0) is 9.53 Å². The number of pyridine rings is 1. The average Bonchev–Trinajstić information content (AvgIpc) is 2.29. The molecule has 1 unspecified atom stereocenters. The van der Waals surface area contributed by atoms with Crippen LogP contribution in [0.1, 0.15) is 10.5 Å². The van der Waals surface area contributed by atoms with Crippen molar-refractivity contribution in [3.05, 3.63) is 24.0 Å². The predicted octanol–water partition coefficient (Wildman–Crippen LogP) is -0.507. The molecule has 7 nitrogen and oxygen atoms in total. The molecule has 0 saturated carbocycles. The highest BCUT2D eigenvalue weighted by Crippen LogP contribution is 2.06. The zero-order valence-corrected chi connectivity index (χ0v) is 9.21. The van der Waals surface area contributed by atoms with Crippen molar-refractivity contribution in [2.75, 3.05) is 19.4 Å². The number of carbonyl (C=O) groups excluding carboxylic acids is 1. The Bertz CT molecular complexity index is 422. The van der Waals surface area contributed by atoms with Gasteiger partial charge in [0.15, 0.2) is 11.8 Å². The summed E-state index contributed by atoms with van der Waals surface area (Å²) in [7, 11) is 1.25. The number of methoxy groups -OCH3 is 1. The summed E-state index contributed by atoms with van der Waals surface area (Å²) in [6.45, 7) is -0.152. The van der Waals surface area contributed by atoms with Gasteiger partial charge in [-0.3, -0.25) is 4.79 Å². The van der Waals surface area contributed by atoms with E-state index in [0.29, 0.717) is 0 Å². The summed E-state index contributed by atoms with van der Waals surface area (Å²) in [4.78, 5) is 26.0.